The van der Waals surface area contributed by atoms with Crippen molar-refractivity contribution in [2.45, 2.75) is 6.92 Å². The molecule has 1 aromatic heterocycles. The monoisotopic (exact) mass is 295 g/mol. The molecule has 0 fully saturated rings. The number of nitrogens with one attached hydrogen (secondary N) is 1. The highest BCUT2D eigenvalue weighted by atomic mass is 35.5. The summed E-state index contributed by atoms with van der Waals surface area (Å²) >= 11 is 11.6. The minimum Gasteiger partial charge on any atom is -0.398 e. The van der Waals surface area contributed by atoms with E-state index in [1.807, 2.05) is 0 Å². The van der Waals surface area contributed by atoms with Crippen LogP contribution in [-0.4, -0.2) is 10.9 Å². The van der Waals surface area contributed by atoms with Crippen molar-refractivity contribution in [3.05, 3.63) is 51.8 Å². The van der Waals surface area contributed by atoms with Crippen LogP contribution >= 0.6 is 23.2 Å². The maximum Gasteiger partial charge on any atom is 0.255 e. The highest BCUT2D eigenvalue weighted by molar-refractivity contribution is 6.33. The number of carbonyl (C=O) groups is 1. The number of benzene rings is 1. The molecule has 0 atom stereocenters. The number of hydrogen-bond donors (Lipinski definition) is 2. The second-order valence-corrected chi connectivity index (χ2v) is 4.75. The number of aromatic nitrogens is 1. The Morgan fingerprint density at radius 1 is 1.26 bits per heavy atom. The zero-order chi connectivity index (χ0) is 14.0. The van der Waals surface area contributed by atoms with E-state index in [2.05, 4.69) is 10.3 Å². The molecule has 3 N–H and O–H groups in total. The fourth-order valence-corrected chi connectivity index (χ4v) is 1.85. The topological polar surface area (TPSA) is 68.0 Å². The molecule has 4 nitrogen and oxygen atoms in total. The summed E-state index contributed by atoms with van der Waals surface area (Å²) in [6.45, 7) is 1.76. The molecule has 2 rings (SSSR count). The molecule has 0 saturated heterocycles. The van der Waals surface area contributed by atoms with Crippen molar-refractivity contribution < 1.29 is 4.79 Å². The minimum atomic E-state index is -0.282. The molecule has 0 radical (unpaired) electrons. The number of carbonyl (C=O) groups excluding carboxylic acids is 1. The van der Waals surface area contributed by atoms with E-state index >= 15 is 0 Å². The maximum atomic E-state index is 12.0. The molecule has 1 amide bonds. The first kappa shape index (κ1) is 13.6. The Balaban J connectivity index is 2.23. The second-order valence-electron chi connectivity index (χ2n) is 3.96. The van der Waals surface area contributed by atoms with Crippen molar-refractivity contribution in [3.8, 4) is 0 Å². The molecule has 0 unspecified atom stereocenters. The van der Waals surface area contributed by atoms with E-state index in [9.17, 15) is 4.79 Å². The molecule has 1 aromatic carbocycles. The van der Waals surface area contributed by atoms with E-state index in [4.69, 9.17) is 28.9 Å². The summed E-state index contributed by atoms with van der Waals surface area (Å²) in [4.78, 5) is 16.1. The lowest BCUT2D eigenvalue weighted by Gasteiger charge is -2.08. The lowest BCUT2D eigenvalue weighted by molar-refractivity contribution is 0.102. The zero-order valence-electron chi connectivity index (χ0n) is 10.1. The molecule has 2 aromatic rings. The quantitative estimate of drug-likeness (QED) is 0.658. The van der Waals surface area contributed by atoms with Gasteiger partial charge in [-0.3, -0.25) is 4.79 Å². The predicted molar refractivity (Wildman–Crippen MR) is 77.8 cm³/mol. The summed E-state index contributed by atoms with van der Waals surface area (Å²) < 4.78 is 0. The van der Waals surface area contributed by atoms with Crippen molar-refractivity contribution in [1.29, 1.82) is 0 Å². The Labute approximate surface area is 120 Å². The second kappa shape index (κ2) is 5.47. The van der Waals surface area contributed by atoms with Crippen LogP contribution in [0, 0.1) is 6.92 Å². The van der Waals surface area contributed by atoms with Crippen LogP contribution in [0.15, 0.2) is 30.3 Å². The number of hydrogen-bond acceptors (Lipinski definition) is 3. The number of aryl methyl sites for hydroxylation is 1. The van der Waals surface area contributed by atoms with Gasteiger partial charge in [0, 0.05) is 5.56 Å². The molecular formula is C13H11Cl2N3O. The van der Waals surface area contributed by atoms with Gasteiger partial charge in [-0.15, -0.1) is 0 Å². The third-order valence-electron chi connectivity index (χ3n) is 2.56. The Kier molecular flexibility index (Phi) is 3.93. The van der Waals surface area contributed by atoms with Crippen LogP contribution in [0.1, 0.15) is 16.1 Å². The van der Waals surface area contributed by atoms with Gasteiger partial charge in [-0.25, -0.2) is 4.98 Å². The number of amides is 1. The molecule has 0 aliphatic rings. The first-order valence-corrected chi connectivity index (χ1v) is 6.22. The lowest BCUT2D eigenvalue weighted by atomic mass is 10.2. The van der Waals surface area contributed by atoms with E-state index in [0.717, 1.165) is 0 Å². The molecule has 0 saturated carbocycles. The van der Waals surface area contributed by atoms with Gasteiger partial charge in [0.25, 0.3) is 5.91 Å². The maximum absolute atomic E-state index is 12.0. The van der Waals surface area contributed by atoms with Crippen LogP contribution < -0.4 is 11.1 Å². The summed E-state index contributed by atoms with van der Waals surface area (Å²) in [6, 6.07) is 8.02. The number of rotatable bonds is 2. The van der Waals surface area contributed by atoms with Crippen LogP contribution in [0.5, 0.6) is 0 Å². The predicted octanol–water partition coefficient (Wildman–Crippen LogP) is 3.53. The molecule has 0 aliphatic heterocycles. The minimum absolute atomic E-state index is 0.282. The highest BCUT2D eigenvalue weighted by Gasteiger charge is 2.10. The van der Waals surface area contributed by atoms with E-state index in [0.29, 0.717) is 32.8 Å². The van der Waals surface area contributed by atoms with Gasteiger partial charge in [0.2, 0.25) is 0 Å². The Hall–Kier alpha value is -1.78. The third-order valence-corrected chi connectivity index (χ3v) is 3.11. The average Bonchev–Trinajstić information content (AvgIpc) is 2.36. The smallest absolute Gasteiger partial charge is 0.255 e. The third kappa shape index (κ3) is 3.16. The van der Waals surface area contributed by atoms with Crippen molar-refractivity contribution in [2.75, 3.05) is 11.1 Å². The van der Waals surface area contributed by atoms with E-state index in [1.165, 1.54) is 6.07 Å². The van der Waals surface area contributed by atoms with E-state index in [1.54, 1.807) is 31.2 Å². The molecule has 6 heteroatoms. The van der Waals surface area contributed by atoms with Gasteiger partial charge in [0.05, 0.1) is 22.1 Å². The average molecular weight is 296 g/mol. The number of nitrogens with zero attached hydrogens (tertiary/aromatic N) is 1. The Bertz CT molecular complexity index is 644. The summed E-state index contributed by atoms with van der Waals surface area (Å²) in [7, 11) is 0. The molecule has 98 valence electrons. The normalized spacial score (nSPS) is 10.3. The Morgan fingerprint density at radius 2 is 2.00 bits per heavy atom. The van der Waals surface area contributed by atoms with Gasteiger partial charge < -0.3 is 11.1 Å². The van der Waals surface area contributed by atoms with Gasteiger partial charge in [0.1, 0.15) is 5.15 Å². The summed E-state index contributed by atoms with van der Waals surface area (Å²) in [6.07, 6.45) is 0. The highest BCUT2D eigenvalue weighted by Crippen LogP contribution is 2.21. The number of halogens is 2. The molecule has 0 bridgehead atoms. The first-order chi connectivity index (χ1) is 8.97. The Morgan fingerprint density at radius 3 is 2.63 bits per heavy atom. The van der Waals surface area contributed by atoms with Crippen molar-refractivity contribution in [2.24, 2.45) is 0 Å². The number of pyridine rings is 1. The van der Waals surface area contributed by atoms with Gasteiger partial charge in [-0.1, -0.05) is 23.2 Å². The van der Waals surface area contributed by atoms with Crippen molar-refractivity contribution in [3.63, 3.8) is 0 Å². The zero-order valence-corrected chi connectivity index (χ0v) is 11.6. The largest absolute Gasteiger partial charge is 0.398 e. The van der Waals surface area contributed by atoms with Gasteiger partial charge >= 0.3 is 0 Å². The molecule has 0 aliphatic carbocycles. The summed E-state index contributed by atoms with van der Waals surface area (Å²) in [5, 5.41) is 3.54. The van der Waals surface area contributed by atoms with Crippen LogP contribution in [0.25, 0.3) is 0 Å². The van der Waals surface area contributed by atoms with Gasteiger partial charge in [-0.05, 0) is 37.3 Å². The summed E-state index contributed by atoms with van der Waals surface area (Å²) in [5.74, 6) is -0.282. The van der Waals surface area contributed by atoms with Crippen LogP contribution in [0.3, 0.4) is 0 Å². The molecule has 1 heterocycles. The SMILES string of the molecule is Cc1nc(Cl)ccc1NC(=O)c1ccc(Cl)c(N)c1. The standard InChI is InChI=1S/C13H11Cl2N3O/c1-7-11(4-5-12(15)17-7)18-13(19)8-2-3-9(14)10(16)6-8/h2-6H,16H2,1H3,(H,18,19). The van der Waals surface area contributed by atoms with Crippen molar-refractivity contribution >= 4 is 40.5 Å². The number of nitrogens with two attached hydrogens (primary N) is 1. The number of nitrogen functional groups attached to an aromatic ring is 1. The number of anilines is 2. The van der Waals surface area contributed by atoms with E-state index < -0.39 is 0 Å². The molecule has 19 heavy (non-hydrogen) atoms. The van der Waals surface area contributed by atoms with Crippen LogP contribution in [0.4, 0.5) is 11.4 Å². The van der Waals surface area contributed by atoms with Gasteiger partial charge in [0.15, 0.2) is 0 Å². The molecular weight excluding hydrogens is 285 g/mol. The van der Waals surface area contributed by atoms with Crippen LogP contribution in [-0.2, 0) is 0 Å². The van der Waals surface area contributed by atoms with E-state index in [-0.39, 0.29) is 5.91 Å². The molecule has 0 spiro atoms. The van der Waals surface area contributed by atoms with Crippen molar-refractivity contribution in [1.82, 2.24) is 4.98 Å². The fraction of sp³-hybridized carbons (Fsp3) is 0.0769. The lowest BCUT2D eigenvalue weighted by Crippen LogP contribution is -2.13. The fourth-order valence-electron chi connectivity index (χ4n) is 1.54. The van der Waals surface area contributed by atoms with Gasteiger partial charge in [-0.2, -0.15) is 0 Å². The first-order valence-electron chi connectivity index (χ1n) is 5.47. The van der Waals surface area contributed by atoms with Crippen LogP contribution in [0.2, 0.25) is 10.2 Å². The summed E-state index contributed by atoms with van der Waals surface area (Å²) in [5.41, 5.74) is 7.69.